The van der Waals surface area contributed by atoms with Crippen molar-refractivity contribution in [2.75, 3.05) is 32.1 Å². The smallest absolute Gasteiger partial charge is 0.273 e. The molecular formula is C12H18ClN3O2. The molecule has 0 bridgehead atoms. The number of rotatable bonds is 6. The molecule has 0 fully saturated rings. The van der Waals surface area contributed by atoms with Crippen LogP contribution in [0, 0.1) is 0 Å². The Morgan fingerprint density at radius 2 is 2.28 bits per heavy atom. The molecule has 1 amide bonds. The number of aliphatic hydroxyl groups is 1. The number of carbonyl (C=O) groups is 1. The maximum atomic E-state index is 12.1. The van der Waals surface area contributed by atoms with Crippen LogP contribution < -0.4 is 5.32 Å². The Hall–Kier alpha value is -1.33. The Labute approximate surface area is 112 Å². The van der Waals surface area contributed by atoms with Crippen LogP contribution >= 0.6 is 11.6 Å². The second-order valence-electron chi connectivity index (χ2n) is 3.86. The summed E-state index contributed by atoms with van der Waals surface area (Å²) in [6.07, 6.45) is 0.534. The summed E-state index contributed by atoms with van der Waals surface area (Å²) in [5.74, 6) is 0.383. The minimum Gasteiger partial charge on any atom is -0.396 e. The number of hydrogen-bond acceptors (Lipinski definition) is 4. The lowest BCUT2D eigenvalue weighted by Crippen LogP contribution is -2.29. The van der Waals surface area contributed by atoms with Gasteiger partial charge in [-0.25, -0.2) is 4.98 Å². The maximum Gasteiger partial charge on any atom is 0.273 e. The zero-order chi connectivity index (χ0) is 13.5. The molecule has 1 rings (SSSR count). The number of halogens is 1. The second-order valence-corrected chi connectivity index (χ2v) is 4.27. The van der Waals surface area contributed by atoms with Gasteiger partial charge in [0.1, 0.15) is 11.5 Å². The molecule has 0 aromatic carbocycles. The number of pyridine rings is 1. The summed E-state index contributed by atoms with van der Waals surface area (Å²) < 4.78 is 0. The standard InChI is InChI=1S/C12H18ClN3O2/c1-3-14-10-6-5-9(13)11(15-10)12(18)16(2)7-4-8-17/h5-6,17H,3-4,7-8H2,1-2H3,(H,14,15). The second kappa shape index (κ2) is 7.18. The van der Waals surface area contributed by atoms with Gasteiger partial charge in [-0.1, -0.05) is 11.6 Å². The van der Waals surface area contributed by atoms with Crippen molar-refractivity contribution in [2.24, 2.45) is 0 Å². The first kappa shape index (κ1) is 14.7. The molecule has 1 aromatic rings. The molecular weight excluding hydrogens is 254 g/mol. The minimum atomic E-state index is -0.242. The van der Waals surface area contributed by atoms with Crippen molar-refractivity contribution in [3.8, 4) is 0 Å². The van der Waals surface area contributed by atoms with Gasteiger partial charge in [-0.05, 0) is 25.5 Å². The van der Waals surface area contributed by atoms with E-state index >= 15 is 0 Å². The molecule has 0 aliphatic heterocycles. The summed E-state index contributed by atoms with van der Waals surface area (Å²) in [5, 5.41) is 12.1. The highest BCUT2D eigenvalue weighted by Gasteiger charge is 2.17. The van der Waals surface area contributed by atoms with Crippen LogP contribution in [0.4, 0.5) is 5.82 Å². The van der Waals surface area contributed by atoms with Crippen molar-refractivity contribution in [3.63, 3.8) is 0 Å². The van der Waals surface area contributed by atoms with Gasteiger partial charge in [0.2, 0.25) is 0 Å². The van der Waals surface area contributed by atoms with Crippen molar-refractivity contribution < 1.29 is 9.90 Å². The zero-order valence-corrected chi connectivity index (χ0v) is 11.4. The maximum absolute atomic E-state index is 12.1. The van der Waals surface area contributed by atoms with Crippen molar-refractivity contribution in [3.05, 3.63) is 22.8 Å². The fraction of sp³-hybridized carbons (Fsp3) is 0.500. The van der Waals surface area contributed by atoms with E-state index in [0.717, 1.165) is 6.54 Å². The van der Waals surface area contributed by atoms with Crippen molar-refractivity contribution in [2.45, 2.75) is 13.3 Å². The Bertz CT molecular complexity index is 412. The Kier molecular flexibility index (Phi) is 5.88. The first-order valence-electron chi connectivity index (χ1n) is 5.86. The fourth-order valence-corrected chi connectivity index (χ4v) is 1.65. The SMILES string of the molecule is CCNc1ccc(Cl)c(C(=O)N(C)CCCO)n1. The number of carbonyl (C=O) groups excluding carboxylic acids is 1. The highest BCUT2D eigenvalue weighted by Crippen LogP contribution is 2.18. The van der Waals surface area contributed by atoms with Crippen LogP contribution in [0.3, 0.4) is 0 Å². The molecule has 0 aliphatic rings. The predicted octanol–water partition coefficient (Wildman–Crippen LogP) is 1.62. The van der Waals surface area contributed by atoms with Gasteiger partial charge in [-0.3, -0.25) is 4.79 Å². The quantitative estimate of drug-likeness (QED) is 0.825. The van der Waals surface area contributed by atoms with Gasteiger partial charge in [-0.2, -0.15) is 0 Å². The largest absolute Gasteiger partial charge is 0.396 e. The zero-order valence-electron chi connectivity index (χ0n) is 10.6. The van der Waals surface area contributed by atoms with E-state index in [1.807, 2.05) is 6.92 Å². The van der Waals surface area contributed by atoms with E-state index in [1.54, 1.807) is 19.2 Å². The summed E-state index contributed by atoms with van der Waals surface area (Å²) in [7, 11) is 1.66. The van der Waals surface area contributed by atoms with Gasteiger partial charge in [-0.15, -0.1) is 0 Å². The minimum absolute atomic E-state index is 0.0518. The summed E-state index contributed by atoms with van der Waals surface area (Å²) in [6.45, 7) is 3.20. The van der Waals surface area contributed by atoms with E-state index in [2.05, 4.69) is 10.3 Å². The molecule has 6 heteroatoms. The summed E-state index contributed by atoms with van der Waals surface area (Å²) in [4.78, 5) is 17.8. The number of aromatic nitrogens is 1. The molecule has 0 saturated heterocycles. The van der Waals surface area contributed by atoms with Crippen LogP contribution in [-0.4, -0.2) is 47.6 Å². The molecule has 0 unspecified atom stereocenters. The van der Waals surface area contributed by atoms with Gasteiger partial charge < -0.3 is 15.3 Å². The lowest BCUT2D eigenvalue weighted by atomic mass is 10.3. The molecule has 0 atom stereocenters. The molecule has 1 aromatic heterocycles. The third-order valence-electron chi connectivity index (χ3n) is 2.40. The molecule has 0 saturated carbocycles. The molecule has 2 N–H and O–H groups in total. The summed E-state index contributed by atoms with van der Waals surface area (Å²) in [5.41, 5.74) is 0.232. The average Bonchev–Trinajstić information content (AvgIpc) is 2.37. The summed E-state index contributed by atoms with van der Waals surface area (Å²) >= 11 is 5.98. The van der Waals surface area contributed by atoms with Gasteiger partial charge in [0, 0.05) is 26.7 Å². The van der Waals surface area contributed by atoms with Crippen LogP contribution in [0.15, 0.2) is 12.1 Å². The summed E-state index contributed by atoms with van der Waals surface area (Å²) in [6, 6.07) is 3.38. The predicted molar refractivity (Wildman–Crippen MR) is 72.1 cm³/mol. The van der Waals surface area contributed by atoms with E-state index in [4.69, 9.17) is 16.7 Å². The monoisotopic (exact) mass is 271 g/mol. The van der Waals surface area contributed by atoms with Crippen molar-refractivity contribution in [1.82, 2.24) is 9.88 Å². The Morgan fingerprint density at radius 3 is 2.89 bits per heavy atom. The number of hydrogen-bond donors (Lipinski definition) is 2. The van der Waals surface area contributed by atoms with Gasteiger partial charge in [0.25, 0.3) is 5.91 Å². The van der Waals surface area contributed by atoms with Crippen LogP contribution in [0.5, 0.6) is 0 Å². The lowest BCUT2D eigenvalue weighted by molar-refractivity contribution is 0.0781. The number of nitrogens with zero attached hydrogens (tertiary/aromatic N) is 2. The lowest BCUT2D eigenvalue weighted by Gasteiger charge is -2.17. The van der Waals surface area contributed by atoms with E-state index in [9.17, 15) is 4.79 Å². The van der Waals surface area contributed by atoms with Crippen LogP contribution in [0.25, 0.3) is 0 Å². The van der Waals surface area contributed by atoms with Gasteiger partial charge in [0.15, 0.2) is 0 Å². The molecule has 18 heavy (non-hydrogen) atoms. The molecule has 5 nitrogen and oxygen atoms in total. The van der Waals surface area contributed by atoms with Gasteiger partial charge >= 0.3 is 0 Å². The third kappa shape index (κ3) is 3.85. The van der Waals surface area contributed by atoms with E-state index in [0.29, 0.717) is 23.8 Å². The number of nitrogens with one attached hydrogen (secondary N) is 1. The number of aliphatic hydroxyl groups excluding tert-OH is 1. The average molecular weight is 272 g/mol. The van der Waals surface area contributed by atoms with E-state index in [1.165, 1.54) is 4.90 Å². The molecule has 0 aliphatic carbocycles. The normalized spacial score (nSPS) is 10.2. The first-order chi connectivity index (χ1) is 8.60. The van der Waals surface area contributed by atoms with E-state index < -0.39 is 0 Å². The number of anilines is 1. The van der Waals surface area contributed by atoms with Crippen LogP contribution in [0.1, 0.15) is 23.8 Å². The van der Waals surface area contributed by atoms with Crippen molar-refractivity contribution in [1.29, 1.82) is 0 Å². The van der Waals surface area contributed by atoms with Gasteiger partial charge in [0.05, 0.1) is 5.02 Å². The molecule has 1 heterocycles. The first-order valence-corrected chi connectivity index (χ1v) is 6.24. The van der Waals surface area contributed by atoms with E-state index in [-0.39, 0.29) is 18.2 Å². The Morgan fingerprint density at radius 1 is 1.56 bits per heavy atom. The molecule has 0 radical (unpaired) electrons. The molecule has 0 spiro atoms. The number of amides is 1. The van der Waals surface area contributed by atoms with Crippen molar-refractivity contribution >= 4 is 23.3 Å². The van der Waals surface area contributed by atoms with Crippen LogP contribution in [0.2, 0.25) is 5.02 Å². The third-order valence-corrected chi connectivity index (χ3v) is 2.71. The topological polar surface area (TPSA) is 65.5 Å². The van der Waals surface area contributed by atoms with Crippen LogP contribution in [-0.2, 0) is 0 Å². The molecule has 100 valence electrons. The highest BCUT2D eigenvalue weighted by molar-refractivity contribution is 6.33. The fourth-order valence-electron chi connectivity index (χ4n) is 1.46. The Balaban J connectivity index is 2.86. The highest BCUT2D eigenvalue weighted by atomic mass is 35.5.